The van der Waals surface area contributed by atoms with Crippen molar-refractivity contribution in [2.45, 2.75) is 58.3 Å². The van der Waals surface area contributed by atoms with Crippen LogP contribution in [0.5, 0.6) is 0 Å². The van der Waals surface area contributed by atoms with Gasteiger partial charge in [0.2, 0.25) is 0 Å². The molecule has 0 saturated carbocycles. The van der Waals surface area contributed by atoms with Crippen molar-refractivity contribution < 1.29 is 9.31 Å². The molecule has 0 bridgehead atoms. The first kappa shape index (κ1) is 15.3. The second-order valence-corrected chi connectivity index (χ2v) is 6.57. The van der Waals surface area contributed by atoms with Gasteiger partial charge in [-0.3, -0.25) is 4.98 Å². The highest BCUT2D eigenvalue weighted by Crippen LogP contribution is 2.36. The van der Waals surface area contributed by atoms with Crippen molar-refractivity contribution in [3.8, 4) is 0 Å². The van der Waals surface area contributed by atoms with Crippen molar-refractivity contribution in [3.63, 3.8) is 0 Å². The first-order chi connectivity index (χ1) is 9.12. The minimum Gasteiger partial charge on any atom is -0.399 e. The molecule has 5 nitrogen and oxygen atoms in total. The summed E-state index contributed by atoms with van der Waals surface area (Å²) in [6.45, 7) is 10.0. The predicted molar refractivity (Wildman–Crippen MR) is 81.7 cm³/mol. The van der Waals surface area contributed by atoms with Crippen LogP contribution in [0.15, 0.2) is 12.3 Å². The molecule has 1 aromatic rings. The maximum Gasteiger partial charge on any atom is 0.498 e. The van der Waals surface area contributed by atoms with Crippen molar-refractivity contribution >= 4 is 18.3 Å². The van der Waals surface area contributed by atoms with Gasteiger partial charge in [-0.2, -0.15) is 0 Å². The third kappa shape index (κ3) is 2.82. The molecule has 20 heavy (non-hydrogen) atoms. The lowest BCUT2D eigenvalue weighted by Crippen LogP contribution is -2.41. The van der Waals surface area contributed by atoms with Crippen LogP contribution in [-0.4, -0.2) is 29.3 Å². The van der Waals surface area contributed by atoms with Gasteiger partial charge in [-0.15, -0.1) is 0 Å². The van der Waals surface area contributed by atoms with E-state index >= 15 is 0 Å². The average molecular weight is 277 g/mol. The zero-order valence-corrected chi connectivity index (χ0v) is 12.9. The fraction of sp³-hybridized carbons (Fsp3) is 0.643. The molecular weight excluding hydrogens is 253 g/mol. The lowest BCUT2D eigenvalue weighted by molar-refractivity contribution is 0.00578. The summed E-state index contributed by atoms with van der Waals surface area (Å²) in [6.07, 6.45) is 2.43. The van der Waals surface area contributed by atoms with Crippen molar-refractivity contribution in [2.75, 3.05) is 5.73 Å². The van der Waals surface area contributed by atoms with Gasteiger partial charge in [0.05, 0.1) is 11.2 Å². The van der Waals surface area contributed by atoms with E-state index < -0.39 is 7.12 Å². The third-order valence-electron chi connectivity index (χ3n) is 4.06. The maximum absolute atomic E-state index is 6.11. The third-order valence-corrected chi connectivity index (χ3v) is 4.06. The standard InChI is InChI=1S/C14H24BN3O2/c1-9(16)6-10-7-12(17)11(8-18-10)15-19-13(2,3)14(4,5)20-15/h7-9H,6,16H2,1-5H3,(H2,17,18). The summed E-state index contributed by atoms with van der Waals surface area (Å²) in [5.74, 6) is 0. The number of nitrogen functional groups attached to an aromatic ring is 1. The van der Waals surface area contributed by atoms with Crippen LogP contribution in [0.2, 0.25) is 0 Å². The normalized spacial score (nSPS) is 22.0. The van der Waals surface area contributed by atoms with Gasteiger partial charge in [-0.05, 0) is 40.7 Å². The quantitative estimate of drug-likeness (QED) is 0.800. The Labute approximate surface area is 121 Å². The number of hydrogen-bond acceptors (Lipinski definition) is 5. The molecule has 6 heteroatoms. The lowest BCUT2D eigenvalue weighted by Gasteiger charge is -2.32. The van der Waals surface area contributed by atoms with Crippen LogP contribution < -0.4 is 16.9 Å². The Morgan fingerprint density at radius 2 is 1.80 bits per heavy atom. The van der Waals surface area contributed by atoms with Crippen LogP contribution in [0.3, 0.4) is 0 Å². The fourth-order valence-corrected chi connectivity index (χ4v) is 2.14. The summed E-state index contributed by atoms with van der Waals surface area (Å²) in [4.78, 5) is 4.40. The number of pyridine rings is 1. The van der Waals surface area contributed by atoms with E-state index in [1.807, 2.05) is 40.7 Å². The Bertz CT molecular complexity index is 487. The van der Waals surface area contributed by atoms with E-state index in [1.54, 1.807) is 6.20 Å². The summed E-state index contributed by atoms with van der Waals surface area (Å²) >= 11 is 0. The molecule has 0 amide bonds. The summed E-state index contributed by atoms with van der Waals surface area (Å²) in [5, 5.41) is 0. The van der Waals surface area contributed by atoms with E-state index in [1.165, 1.54) is 0 Å². The highest BCUT2D eigenvalue weighted by Gasteiger charge is 2.52. The van der Waals surface area contributed by atoms with Gasteiger partial charge in [0.25, 0.3) is 0 Å². The largest absolute Gasteiger partial charge is 0.498 e. The molecule has 2 rings (SSSR count). The van der Waals surface area contributed by atoms with Crippen LogP contribution in [-0.2, 0) is 15.7 Å². The first-order valence-corrected chi connectivity index (χ1v) is 6.98. The van der Waals surface area contributed by atoms with E-state index in [0.717, 1.165) is 11.2 Å². The van der Waals surface area contributed by atoms with Crippen molar-refractivity contribution in [2.24, 2.45) is 5.73 Å². The molecule has 1 unspecified atom stereocenters. The molecule has 0 aromatic carbocycles. The summed E-state index contributed by atoms with van der Waals surface area (Å²) in [6, 6.07) is 1.91. The Morgan fingerprint density at radius 1 is 1.25 bits per heavy atom. The van der Waals surface area contributed by atoms with E-state index in [-0.39, 0.29) is 17.2 Å². The number of anilines is 1. The van der Waals surface area contributed by atoms with Gasteiger partial charge in [0.1, 0.15) is 0 Å². The zero-order valence-electron chi connectivity index (χ0n) is 12.9. The molecule has 1 saturated heterocycles. The summed E-state index contributed by atoms with van der Waals surface area (Å²) in [5.41, 5.74) is 13.4. The Balaban J connectivity index is 2.23. The topological polar surface area (TPSA) is 83.4 Å². The van der Waals surface area contributed by atoms with E-state index in [4.69, 9.17) is 20.8 Å². The van der Waals surface area contributed by atoms with Gasteiger partial charge in [-0.1, -0.05) is 0 Å². The molecule has 1 fully saturated rings. The predicted octanol–water partition coefficient (Wildman–Crippen LogP) is 0.853. The van der Waals surface area contributed by atoms with Crippen LogP contribution >= 0.6 is 0 Å². The molecular formula is C14H24BN3O2. The van der Waals surface area contributed by atoms with Crippen LogP contribution in [0.25, 0.3) is 0 Å². The van der Waals surface area contributed by atoms with Gasteiger partial charge >= 0.3 is 7.12 Å². The van der Waals surface area contributed by atoms with Crippen LogP contribution in [0.4, 0.5) is 5.69 Å². The minimum absolute atomic E-state index is 0.0598. The van der Waals surface area contributed by atoms with Gasteiger partial charge in [0.15, 0.2) is 0 Å². The number of rotatable bonds is 3. The van der Waals surface area contributed by atoms with Crippen molar-refractivity contribution in [1.82, 2.24) is 4.98 Å². The van der Waals surface area contributed by atoms with E-state index in [9.17, 15) is 0 Å². The minimum atomic E-state index is -0.475. The maximum atomic E-state index is 6.11. The van der Waals surface area contributed by atoms with Crippen molar-refractivity contribution in [1.29, 1.82) is 0 Å². The molecule has 1 aliphatic heterocycles. The SMILES string of the molecule is CC(N)Cc1cc(N)c(B2OC(C)(C)C(C)(C)O2)cn1. The molecule has 1 atom stereocenters. The zero-order chi connectivity index (χ0) is 15.1. The molecule has 1 aromatic heterocycles. The highest BCUT2D eigenvalue weighted by molar-refractivity contribution is 6.63. The van der Waals surface area contributed by atoms with Gasteiger partial charge in [-0.25, -0.2) is 0 Å². The highest BCUT2D eigenvalue weighted by atomic mass is 16.7. The van der Waals surface area contributed by atoms with Gasteiger partial charge < -0.3 is 20.8 Å². The monoisotopic (exact) mass is 277 g/mol. The van der Waals surface area contributed by atoms with Crippen LogP contribution in [0.1, 0.15) is 40.3 Å². The number of nitrogens with zero attached hydrogens (tertiary/aromatic N) is 1. The number of hydrogen-bond donors (Lipinski definition) is 2. The Hall–Kier alpha value is -1.11. The first-order valence-electron chi connectivity index (χ1n) is 6.98. The summed E-state index contributed by atoms with van der Waals surface area (Å²) in [7, 11) is -0.475. The van der Waals surface area contributed by atoms with E-state index in [2.05, 4.69) is 4.98 Å². The lowest BCUT2D eigenvalue weighted by atomic mass is 9.79. The van der Waals surface area contributed by atoms with Crippen molar-refractivity contribution in [3.05, 3.63) is 18.0 Å². The molecule has 1 aliphatic rings. The average Bonchev–Trinajstić information content (AvgIpc) is 2.46. The Kier molecular flexibility index (Phi) is 3.84. The number of nitrogens with two attached hydrogens (primary N) is 2. The van der Waals surface area contributed by atoms with Gasteiger partial charge in [0, 0.05) is 35.5 Å². The second-order valence-electron chi connectivity index (χ2n) is 6.57. The summed E-state index contributed by atoms with van der Waals surface area (Å²) < 4.78 is 12.0. The molecule has 110 valence electrons. The molecule has 0 aliphatic carbocycles. The molecule has 0 spiro atoms. The van der Waals surface area contributed by atoms with Crippen LogP contribution in [0, 0.1) is 0 Å². The molecule has 0 radical (unpaired) electrons. The molecule has 2 heterocycles. The Morgan fingerprint density at radius 3 is 2.25 bits per heavy atom. The van der Waals surface area contributed by atoms with E-state index in [0.29, 0.717) is 12.1 Å². The second kappa shape index (κ2) is 5.02. The fourth-order valence-electron chi connectivity index (χ4n) is 2.14. The number of aromatic nitrogens is 1. The smallest absolute Gasteiger partial charge is 0.399 e. The molecule has 4 N–H and O–H groups in total.